The maximum Gasteiger partial charge on any atom is 0.310 e. The molecule has 2 rings (SSSR count). The largest absolute Gasteiger partial charge is 0.497 e. The maximum absolute atomic E-state index is 12.1. The standard InChI is InChI=1S/C17H21NO4/c1-12(22-17(20)13-6-4-3-5-7-13)16(19)18-14-8-10-15(21-2)11-9-14/h3-4,8-13H,5-7H2,1-2H3,(H,18,19)/t12-,13+/m1/s1. The van der Waals surface area contributed by atoms with E-state index in [-0.39, 0.29) is 17.8 Å². The Morgan fingerprint density at radius 1 is 1.23 bits per heavy atom. The molecule has 22 heavy (non-hydrogen) atoms. The van der Waals surface area contributed by atoms with Crippen molar-refractivity contribution >= 4 is 17.6 Å². The first-order valence-corrected chi connectivity index (χ1v) is 7.40. The van der Waals surface area contributed by atoms with Crippen LogP contribution in [0.15, 0.2) is 36.4 Å². The molecule has 0 heterocycles. The molecule has 118 valence electrons. The van der Waals surface area contributed by atoms with Crippen molar-refractivity contribution in [2.75, 3.05) is 12.4 Å². The molecule has 1 aliphatic rings. The number of methoxy groups -OCH3 is 1. The van der Waals surface area contributed by atoms with Crippen molar-refractivity contribution in [2.24, 2.45) is 5.92 Å². The van der Waals surface area contributed by atoms with Gasteiger partial charge in [-0.1, -0.05) is 12.2 Å². The molecule has 1 aromatic rings. The van der Waals surface area contributed by atoms with Crippen molar-refractivity contribution in [1.82, 2.24) is 0 Å². The summed E-state index contributed by atoms with van der Waals surface area (Å²) in [6.45, 7) is 1.58. The molecule has 0 fully saturated rings. The zero-order chi connectivity index (χ0) is 15.9. The molecule has 0 spiro atoms. The van der Waals surface area contributed by atoms with Crippen molar-refractivity contribution in [3.8, 4) is 5.75 Å². The summed E-state index contributed by atoms with van der Waals surface area (Å²) in [6.07, 6.45) is 5.57. The maximum atomic E-state index is 12.1. The van der Waals surface area contributed by atoms with Crippen LogP contribution in [0.25, 0.3) is 0 Å². The number of anilines is 1. The van der Waals surface area contributed by atoms with Crippen molar-refractivity contribution in [3.63, 3.8) is 0 Å². The molecule has 1 aromatic carbocycles. The Morgan fingerprint density at radius 3 is 2.55 bits per heavy atom. The summed E-state index contributed by atoms with van der Waals surface area (Å²) in [4.78, 5) is 24.0. The van der Waals surface area contributed by atoms with Gasteiger partial charge in [0.15, 0.2) is 6.10 Å². The summed E-state index contributed by atoms with van der Waals surface area (Å²) < 4.78 is 10.3. The zero-order valence-electron chi connectivity index (χ0n) is 12.9. The molecule has 0 radical (unpaired) electrons. The molecule has 0 unspecified atom stereocenters. The van der Waals surface area contributed by atoms with E-state index in [0.717, 1.165) is 12.8 Å². The number of ether oxygens (including phenoxy) is 2. The van der Waals surface area contributed by atoms with Crippen LogP contribution in [0.2, 0.25) is 0 Å². The number of hydrogen-bond donors (Lipinski definition) is 1. The Morgan fingerprint density at radius 2 is 1.95 bits per heavy atom. The fourth-order valence-corrected chi connectivity index (χ4v) is 2.25. The lowest BCUT2D eigenvalue weighted by Crippen LogP contribution is -2.32. The Labute approximate surface area is 130 Å². The second kappa shape index (κ2) is 7.64. The van der Waals surface area contributed by atoms with Crippen LogP contribution in [0.1, 0.15) is 26.2 Å². The van der Waals surface area contributed by atoms with Crippen LogP contribution in [0.5, 0.6) is 5.75 Å². The monoisotopic (exact) mass is 303 g/mol. The van der Waals surface area contributed by atoms with Crippen LogP contribution in [-0.2, 0) is 14.3 Å². The third-order valence-electron chi connectivity index (χ3n) is 3.62. The van der Waals surface area contributed by atoms with E-state index in [1.807, 2.05) is 6.08 Å². The van der Waals surface area contributed by atoms with E-state index in [1.165, 1.54) is 0 Å². The van der Waals surface area contributed by atoms with Gasteiger partial charge in [-0.15, -0.1) is 0 Å². The predicted octanol–water partition coefficient (Wildman–Crippen LogP) is 2.92. The molecule has 0 bridgehead atoms. The van der Waals surface area contributed by atoms with Gasteiger partial charge in [-0.2, -0.15) is 0 Å². The normalized spacial score (nSPS) is 18.4. The first-order chi connectivity index (χ1) is 10.6. The van der Waals surface area contributed by atoms with E-state index < -0.39 is 6.10 Å². The molecule has 2 atom stereocenters. The molecule has 0 aliphatic heterocycles. The van der Waals surface area contributed by atoms with Crippen LogP contribution in [0.4, 0.5) is 5.69 Å². The van der Waals surface area contributed by atoms with E-state index in [0.29, 0.717) is 17.9 Å². The van der Waals surface area contributed by atoms with Gasteiger partial charge in [0.1, 0.15) is 5.75 Å². The van der Waals surface area contributed by atoms with Gasteiger partial charge < -0.3 is 14.8 Å². The number of esters is 1. The van der Waals surface area contributed by atoms with E-state index in [1.54, 1.807) is 38.3 Å². The summed E-state index contributed by atoms with van der Waals surface area (Å²) in [5.74, 6) is -0.0735. The van der Waals surface area contributed by atoms with Crippen LogP contribution in [0.3, 0.4) is 0 Å². The number of carbonyl (C=O) groups excluding carboxylic acids is 2. The van der Waals surface area contributed by atoms with Gasteiger partial charge in [0.2, 0.25) is 0 Å². The summed E-state index contributed by atoms with van der Waals surface area (Å²) >= 11 is 0. The summed E-state index contributed by atoms with van der Waals surface area (Å²) in [5.41, 5.74) is 0.634. The number of nitrogens with one attached hydrogen (secondary N) is 1. The number of carbonyl (C=O) groups is 2. The van der Waals surface area contributed by atoms with Gasteiger partial charge in [-0.05, 0) is 50.5 Å². The van der Waals surface area contributed by atoms with Gasteiger partial charge in [-0.3, -0.25) is 9.59 Å². The summed E-state index contributed by atoms with van der Waals surface area (Å²) in [6, 6.07) is 6.97. The average Bonchev–Trinajstić information content (AvgIpc) is 2.56. The van der Waals surface area contributed by atoms with Gasteiger partial charge in [0.05, 0.1) is 13.0 Å². The SMILES string of the molecule is COc1ccc(NC(=O)[C@@H](C)OC(=O)[C@H]2CC=CCC2)cc1. The van der Waals surface area contributed by atoms with E-state index in [9.17, 15) is 9.59 Å². The Bertz CT molecular complexity index is 550. The number of benzene rings is 1. The Balaban J connectivity index is 1.85. The lowest BCUT2D eigenvalue weighted by molar-refractivity contribution is -0.157. The van der Waals surface area contributed by atoms with Crippen molar-refractivity contribution in [1.29, 1.82) is 0 Å². The second-order valence-electron chi connectivity index (χ2n) is 5.28. The topological polar surface area (TPSA) is 64.6 Å². The highest BCUT2D eigenvalue weighted by Crippen LogP contribution is 2.20. The van der Waals surface area contributed by atoms with Crippen molar-refractivity contribution < 1.29 is 19.1 Å². The molecule has 0 saturated heterocycles. The lowest BCUT2D eigenvalue weighted by atomic mass is 9.95. The minimum Gasteiger partial charge on any atom is -0.497 e. The van der Waals surface area contributed by atoms with Crippen molar-refractivity contribution in [3.05, 3.63) is 36.4 Å². The van der Waals surface area contributed by atoms with E-state index in [4.69, 9.17) is 9.47 Å². The molecule has 5 nitrogen and oxygen atoms in total. The Kier molecular flexibility index (Phi) is 5.58. The van der Waals surface area contributed by atoms with Crippen molar-refractivity contribution in [2.45, 2.75) is 32.3 Å². The fraction of sp³-hybridized carbons (Fsp3) is 0.412. The number of allylic oxidation sites excluding steroid dienone is 2. The van der Waals surface area contributed by atoms with Gasteiger partial charge in [0.25, 0.3) is 5.91 Å². The molecule has 5 heteroatoms. The molecule has 1 amide bonds. The molecule has 1 N–H and O–H groups in total. The Hall–Kier alpha value is -2.30. The van der Waals surface area contributed by atoms with Crippen LogP contribution in [-0.4, -0.2) is 25.1 Å². The molecular formula is C17H21NO4. The third kappa shape index (κ3) is 4.35. The zero-order valence-corrected chi connectivity index (χ0v) is 12.9. The third-order valence-corrected chi connectivity index (χ3v) is 3.62. The second-order valence-corrected chi connectivity index (χ2v) is 5.28. The highest BCUT2D eigenvalue weighted by molar-refractivity contribution is 5.95. The summed E-state index contributed by atoms with van der Waals surface area (Å²) in [7, 11) is 1.58. The van der Waals surface area contributed by atoms with E-state index in [2.05, 4.69) is 11.4 Å². The first kappa shape index (κ1) is 16.1. The summed E-state index contributed by atoms with van der Waals surface area (Å²) in [5, 5.41) is 2.72. The molecule has 0 aromatic heterocycles. The highest BCUT2D eigenvalue weighted by Gasteiger charge is 2.24. The first-order valence-electron chi connectivity index (χ1n) is 7.40. The van der Waals surface area contributed by atoms with Gasteiger partial charge >= 0.3 is 5.97 Å². The fourth-order valence-electron chi connectivity index (χ4n) is 2.25. The number of rotatable bonds is 5. The lowest BCUT2D eigenvalue weighted by Gasteiger charge is -2.19. The van der Waals surface area contributed by atoms with Crippen LogP contribution < -0.4 is 10.1 Å². The molecule has 0 saturated carbocycles. The predicted molar refractivity (Wildman–Crippen MR) is 83.7 cm³/mol. The van der Waals surface area contributed by atoms with Gasteiger partial charge in [0, 0.05) is 5.69 Å². The highest BCUT2D eigenvalue weighted by atomic mass is 16.5. The van der Waals surface area contributed by atoms with Crippen LogP contribution >= 0.6 is 0 Å². The van der Waals surface area contributed by atoms with Gasteiger partial charge in [-0.25, -0.2) is 0 Å². The number of amides is 1. The van der Waals surface area contributed by atoms with Crippen LogP contribution in [0, 0.1) is 5.92 Å². The minimum atomic E-state index is -0.819. The quantitative estimate of drug-likeness (QED) is 0.671. The number of hydrogen-bond acceptors (Lipinski definition) is 4. The molecular weight excluding hydrogens is 282 g/mol. The smallest absolute Gasteiger partial charge is 0.310 e. The van der Waals surface area contributed by atoms with E-state index >= 15 is 0 Å². The average molecular weight is 303 g/mol. The molecule has 1 aliphatic carbocycles. The minimum absolute atomic E-state index is 0.138.